The molecule has 0 amide bonds. The second-order valence-electron chi connectivity index (χ2n) is 5.98. The van der Waals surface area contributed by atoms with Gasteiger partial charge in [0.2, 0.25) is 0 Å². The third-order valence-electron chi connectivity index (χ3n) is 3.96. The summed E-state index contributed by atoms with van der Waals surface area (Å²) in [5, 5.41) is 0. The zero-order chi connectivity index (χ0) is 15.2. The molecule has 0 aliphatic heterocycles. The maximum atomic E-state index is 11.7. The molecule has 1 aliphatic rings. The predicted octanol–water partition coefficient (Wildman–Crippen LogP) is 4.45. The highest BCUT2D eigenvalue weighted by Crippen LogP contribution is 2.39. The molecule has 1 aromatic rings. The van der Waals surface area contributed by atoms with E-state index in [9.17, 15) is 4.79 Å². The molecule has 0 unspecified atom stereocenters. The van der Waals surface area contributed by atoms with Gasteiger partial charge in [-0.2, -0.15) is 0 Å². The van der Waals surface area contributed by atoms with E-state index >= 15 is 0 Å². The van der Waals surface area contributed by atoms with E-state index in [1.54, 1.807) is 0 Å². The fourth-order valence-electron chi connectivity index (χ4n) is 2.99. The van der Waals surface area contributed by atoms with Crippen molar-refractivity contribution in [2.45, 2.75) is 71.0 Å². The van der Waals surface area contributed by atoms with Crippen LogP contribution in [0.1, 0.15) is 64.4 Å². The van der Waals surface area contributed by atoms with Crippen LogP contribution in [0.3, 0.4) is 0 Å². The van der Waals surface area contributed by atoms with Gasteiger partial charge in [-0.3, -0.25) is 4.79 Å². The second kappa shape index (κ2) is 7.48. The molecule has 0 aromatic heterocycles. The number of hydrogen-bond donors (Lipinski definition) is 0. The van der Waals surface area contributed by atoms with Crippen molar-refractivity contribution in [3.8, 4) is 5.75 Å². The molecule has 0 heterocycles. The number of benzene rings is 1. The summed E-state index contributed by atoms with van der Waals surface area (Å²) in [5.41, 5.74) is 1.18. The predicted molar refractivity (Wildman–Crippen MR) is 83.6 cm³/mol. The highest BCUT2D eigenvalue weighted by atomic mass is 16.5. The smallest absolute Gasteiger partial charge is 0.305 e. The van der Waals surface area contributed by atoms with Gasteiger partial charge in [0.25, 0.3) is 0 Å². The highest BCUT2D eigenvalue weighted by molar-refractivity contribution is 5.69. The normalized spacial score (nSPS) is 22.1. The maximum Gasteiger partial charge on any atom is 0.305 e. The van der Waals surface area contributed by atoms with Gasteiger partial charge in [-0.05, 0) is 39.2 Å². The first-order valence-corrected chi connectivity index (χ1v) is 8.06. The lowest BCUT2D eigenvalue weighted by Gasteiger charge is -2.32. The van der Waals surface area contributed by atoms with Crippen molar-refractivity contribution in [1.82, 2.24) is 0 Å². The molecule has 21 heavy (non-hydrogen) atoms. The molecule has 2 atom stereocenters. The average molecular weight is 290 g/mol. The van der Waals surface area contributed by atoms with E-state index in [1.165, 1.54) is 12.0 Å². The monoisotopic (exact) mass is 290 g/mol. The summed E-state index contributed by atoms with van der Waals surface area (Å²) >= 11 is 0. The van der Waals surface area contributed by atoms with Crippen LogP contribution in [0.15, 0.2) is 24.3 Å². The fourth-order valence-corrected chi connectivity index (χ4v) is 2.99. The Labute approximate surface area is 127 Å². The molecule has 0 N–H and O–H groups in total. The van der Waals surface area contributed by atoms with Crippen LogP contribution < -0.4 is 4.74 Å². The molecule has 0 spiro atoms. The summed E-state index contributed by atoms with van der Waals surface area (Å²) < 4.78 is 11.6. The maximum absolute atomic E-state index is 11.7. The van der Waals surface area contributed by atoms with Crippen LogP contribution in [-0.4, -0.2) is 18.2 Å². The Morgan fingerprint density at radius 2 is 1.95 bits per heavy atom. The number of rotatable bonds is 5. The molecule has 0 saturated heterocycles. The van der Waals surface area contributed by atoms with E-state index in [1.807, 2.05) is 39.0 Å². The molecule has 2 rings (SSSR count). The first-order valence-electron chi connectivity index (χ1n) is 8.06. The van der Waals surface area contributed by atoms with E-state index in [2.05, 4.69) is 6.07 Å². The Bertz CT molecular complexity index is 467. The van der Waals surface area contributed by atoms with Crippen molar-refractivity contribution < 1.29 is 14.3 Å². The van der Waals surface area contributed by atoms with Crippen LogP contribution in [0, 0.1) is 0 Å². The Kier molecular flexibility index (Phi) is 5.66. The molecule has 0 radical (unpaired) electrons. The molecule has 1 saturated carbocycles. The quantitative estimate of drug-likeness (QED) is 0.751. The lowest BCUT2D eigenvalue weighted by molar-refractivity contribution is -0.151. The Balaban J connectivity index is 2.22. The molecule has 1 aromatic carbocycles. The van der Waals surface area contributed by atoms with Crippen LogP contribution in [-0.2, 0) is 9.53 Å². The number of esters is 1. The largest absolute Gasteiger partial charge is 0.491 e. The van der Waals surface area contributed by atoms with Gasteiger partial charge in [0.1, 0.15) is 11.9 Å². The summed E-state index contributed by atoms with van der Waals surface area (Å²) in [4.78, 5) is 11.7. The fraction of sp³-hybridized carbons (Fsp3) is 0.611. The van der Waals surface area contributed by atoms with Crippen LogP contribution in [0.5, 0.6) is 5.75 Å². The van der Waals surface area contributed by atoms with Gasteiger partial charge < -0.3 is 9.47 Å². The lowest BCUT2D eigenvalue weighted by Crippen LogP contribution is -2.29. The Morgan fingerprint density at radius 3 is 2.67 bits per heavy atom. The molecule has 3 nitrogen and oxygen atoms in total. The van der Waals surface area contributed by atoms with Gasteiger partial charge in [-0.1, -0.05) is 31.5 Å². The first kappa shape index (κ1) is 15.9. The summed E-state index contributed by atoms with van der Waals surface area (Å²) in [5.74, 6) is 1.08. The number of carbonyl (C=O) groups is 1. The number of ether oxygens (including phenoxy) is 2. The Morgan fingerprint density at radius 1 is 1.24 bits per heavy atom. The van der Waals surface area contributed by atoms with Crippen molar-refractivity contribution in [1.29, 1.82) is 0 Å². The van der Waals surface area contributed by atoms with Gasteiger partial charge in [-0.25, -0.2) is 0 Å². The molecular formula is C18H26O3. The van der Waals surface area contributed by atoms with E-state index in [0.29, 0.717) is 6.42 Å². The lowest BCUT2D eigenvalue weighted by atomic mass is 9.81. The summed E-state index contributed by atoms with van der Waals surface area (Å²) in [6.07, 6.45) is 4.89. The van der Waals surface area contributed by atoms with Crippen LogP contribution >= 0.6 is 0 Å². The van der Waals surface area contributed by atoms with Crippen molar-refractivity contribution >= 4 is 5.97 Å². The van der Waals surface area contributed by atoms with Gasteiger partial charge in [0, 0.05) is 17.9 Å². The molecular weight excluding hydrogens is 264 g/mol. The van der Waals surface area contributed by atoms with Gasteiger partial charge in [0.05, 0.1) is 6.10 Å². The van der Waals surface area contributed by atoms with Crippen molar-refractivity contribution in [2.24, 2.45) is 0 Å². The number of carbonyl (C=O) groups excluding carboxylic acids is 1. The van der Waals surface area contributed by atoms with Crippen molar-refractivity contribution in [3.63, 3.8) is 0 Å². The van der Waals surface area contributed by atoms with Crippen molar-refractivity contribution in [2.75, 3.05) is 0 Å². The standard InChI is InChI=1S/C18H26O3/c1-4-18(19)21-17-12-8-6-10-15(17)14-9-5-7-11-16(14)20-13(2)3/h5,7,9,11,13,15,17H,4,6,8,10,12H2,1-3H3/t15-,17+/m0/s1. The summed E-state index contributed by atoms with van der Waals surface area (Å²) in [6, 6.07) is 8.16. The number of hydrogen-bond acceptors (Lipinski definition) is 3. The minimum Gasteiger partial charge on any atom is -0.491 e. The SMILES string of the molecule is CCC(=O)O[C@@H]1CCCC[C@H]1c1ccccc1OC(C)C. The average Bonchev–Trinajstić information content (AvgIpc) is 2.48. The Hall–Kier alpha value is -1.51. The third kappa shape index (κ3) is 4.23. The summed E-state index contributed by atoms with van der Waals surface area (Å²) in [7, 11) is 0. The van der Waals surface area contributed by atoms with Crippen LogP contribution in [0.4, 0.5) is 0 Å². The zero-order valence-electron chi connectivity index (χ0n) is 13.3. The van der Waals surface area contributed by atoms with Gasteiger partial charge in [-0.15, -0.1) is 0 Å². The van der Waals surface area contributed by atoms with E-state index in [0.717, 1.165) is 25.0 Å². The minimum atomic E-state index is -0.103. The molecule has 1 fully saturated rings. The minimum absolute atomic E-state index is 0.0110. The van der Waals surface area contributed by atoms with E-state index in [4.69, 9.17) is 9.47 Å². The van der Waals surface area contributed by atoms with E-state index < -0.39 is 0 Å². The van der Waals surface area contributed by atoms with Gasteiger partial charge in [0.15, 0.2) is 0 Å². The topological polar surface area (TPSA) is 35.5 Å². The summed E-state index contributed by atoms with van der Waals surface area (Å²) in [6.45, 7) is 5.91. The van der Waals surface area contributed by atoms with Crippen LogP contribution in [0.25, 0.3) is 0 Å². The van der Waals surface area contributed by atoms with Crippen LogP contribution in [0.2, 0.25) is 0 Å². The molecule has 116 valence electrons. The number of para-hydroxylation sites is 1. The van der Waals surface area contributed by atoms with Crippen molar-refractivity contribution in [3.05, 3.63) is 29.8 Å². The third-order valence-corrected chi connectivity index (χ3v) is 3.96. The molecule has 1 aliphatic carbocycles. The molecule has 3 heteroatoms. The first-order chi connectivity index (χ1) is 10.1. The van der Waals surface area contributed by atoms with Gasteiger partial charge >= 0.3 is 5.97 Å². The highest BCUT2D eigenvalue weighted by Gasteiger charge is 2.31. The second-order valence-corrected chi connectivity index (χ2v) is 5.98. The van der Waals surface area contributed by atoms with E-state index in [-0.39, 0.29) is 24.1 Å². The zero-order valence-corrected chi connectivity index (χ0v) is 13.3. The molecule has 0 bridgehead atoms.